The summed E-state index contributed by atoms with van der Waals surface area (Å²) >= 11 is 0. The predicted molar refractivity (Wildman–Crippen MR) is 15.4 cm³/mol. The van der Waals surface area contributed by atoms with Crippen LogP contribution in [-0.2, 0) is 0 Å². The highest BCUT2D eigenvalue weighted by molar-refractivity contribution is 4.55. The molecule has 1 rings (SSSR count). The van der Waals surface area contributed by atoms with Crippen molar-refractivity contribution in [1.82, 2.24) is 5.16 Å². The van der Waals surface area contributed by atoms with Crippen LogP contribution in [0.5, 0.6) is 0 Å². The molecule has 0 spiro atoms. The van der Waals surface area contributed by atoms with E-state index >= 15 is 0 Å². The van der Waals surface area contributed by atoms with Crippen LogP contribution in [0.2, 0.25) is 0 Å². The standard InChI is InChI=1S/C2HFN2O2/c3-2-1-5(6)7-4-2/h1H. The van der Waals surface area contributed by atoms with E-state index < -0.39 is 5.95 Å². The highest BCUT2D eigenvalue weighted by Crippen LogP contribution is 1.79. The summed E-state index contributed by atoms with van der Waals surface area (Å²) < 4.78 is 15.2. The third-order valence-electron chi connectivity index (χ3n) is 0.420. The van der Waals surface area contributed by atoms with Crippen LogP contribution in [0.1, 0.15) is 0 Å². The molecule has 0 saturated heterocycles. The summed E-state index contributed by atoms with van der Waals surface area (Å²) in [6, 6.07) is 0. The van der Waals surface area contributed by atoms with Gasteiger partial charge in [-0.3, -0.25) is 4.63 Å². The molecule has 1 aromatic heterocycles. The number of rotatable bonds is 0. The second-order valence-electron chi connectivity index (χ2n) is 0.910. The molecule has 5 heteroatoms. The molecule has 4 nitrogen and oxygen atoms in total. The molecule has 0 aliphatic carbocycles. The topological polar surface area (TPSA) is 53.0 Å². The maximum atomic E-state index is 11.5. The fourth-order valence-electron chi connectivity index (χ4n) is 0.213. The molecule has 0 aromatic carbocycles. The van der Waals surface area contributed by atoms with E-state index in [1.165, 1.54) is 0 Å². The quantitative estimate of drug-likeness (QED) is 0.415. The maximum absolute atomic E-state index is 11.5. The molecule has 0 aliphatic heterocycles. The second kappa shape index (κ2) is 1.18. The number of hydrogen-bond acceptors (Lipinski definition) is 3. The third kappa shape index (κ3) is 0.648. The van der Waals surface area contributed by atoms with E-state index in [2.05, 4.69) is 9.79 Å². The van der Waals surface area contributed by atoms with Crippen LogP contribution >= 0.6 is 0 Å². The number of aromatic nitrogens is 2. The van der Waals surface area contributed by atoms with Crippen LogP contribution in [0.3, 0.4) is 0 Å². The van der Waals surface area contributed by atoms with E-state index in [0.29, 0.717) is 6.20 Å². The summed E-state index contributed by atoms with van der Waals surface area (Å²) in [4.78, 5) is -0.0741. The zero-order valence-electron chi connectivity index (χ0n) is 3.17. The summed E-state index contributed by atoms with van der Waals surface area (Å²) in [5, 5.41) is 12.4. The molecule has 0 unspecified atom stereocenters. The lowest BCUT2D eigenvalue weighted by Crippen LogP contribution is -2.20. The van der Waals surface area contributed by atoms with E-state index in [1.807, 2.05) is 0 Å². The van der Waals surface area contributed by atoms with Gasteiger partial charge in [-0.25, -0.2) is 0 Å². The van der Waals surface area contributed by atoms with Crippen molar-refractivity contribution >= 4 is 0 Å². The third-order valence-corrected chi connectivity index (χ3v) is 0.420. The maximum Gasteiger partial charge on any atom is 0.386 e. The van der Waals surface area contributed by atoms with E-state index in [-0.39, 0.29) is 4.90 Å². The van der Waals surface area contributed by atoms with Crippen LogP contribution in [0, 0.1) is 11.2 Å². The van der Waals surface area contributed by atoms with Crippen molar-refractivity contribution in [3.05, 3.63) is 17.4 Å². The minimum absolute atomic E-state index is 0.0741. The molecule has 0 radical (unpaired) electrons. The Labute approximate surface area is 37.7 Å². The van der Waals surface area contributed by atoms with Gasteiger partial charge in [-0.2, -0.15) is 0 Å². The second-order valence-corrected chi connectivity index (χ2v) is 0.910. The zero-order chi connectivity index (χ0) is 5.28. The van der Waals surface area contributed by atoms with Crippen LogP contribution in [0.25, 0.3) is 0 Å². The zero-order valence-corrected chi connectivity index (χ0v) is 3.17. The van der Waals surface area contributed by atoms with Gasteiger partial charge in [0.1, 0.15) is 0 Å². The Morgan fingerprint density at radius 3 is 2.86 bits per heavy atom. The van der Waals surface area contributed by atoms with E-state index in [0.717, 1.165) is 0 Å². The molecule has 0 atom stereocenters. The molecule has 7 heavy (non-hydrogen) atoms. The van der Waals surface area contributed by atoms with Crippen molar-refractivity contribution in [3.8, 4) is 0 Å². The summed E-state index contributed by atoms with van der Waals surface area (Å²) in [5.74, 6) is -0.907. The van der Waals surface area contributed by atoms with Crippen molar-refractivity contribution in [2.75, 3.05) is 0 Å². The van der Waals surface area contributed by atoms with Crippen LogP contribution in [-0.4, -0.2) is 5.16 Å². The van der Waals surface area contributed by atoms with Gasteiger partial charge in [-0.1, -0.05) is 0 Å². The fraction of sp³-hybridized carbons (Fsp3) is 0. The molecule has 0 fully saturated rings. The number of halogens is 1. The molecule has 0 bridgehead atoms. The largest absolute Gasteiger partial charge is 0.386 e. The number of hydrogen-bond donors (Lipinski definition) is 0. The van der Waals surface area contributed by atoms with Crippen molar-refractivity contribution in [2.45, 2.75) is 0 Å². The minimum Gasteiger partial charge on any atom is -0.359 e. The Morgan fingerprint density at radius 2 is 2.71 bits per heavy atom. The molecular weight excluding hydrogens is 103 g/mol. The first kappa shape index (κ1) is 4.04. The highest BCUT2D eigenvalue weighted by Gasteiger charge is 1.98. The van der Waals surface area contributed by atoms with Gasteiger partial charge >= 0.3 is 5.95 Å². The predicted octanol–water partition coefficient (Wildman–Crippen LogP) is -0.553. The van der Waals surface area contributed by atoms with Crippen molar-refractivity contribution < 1.29 is 13.9 Å². The molecule has 38 valence electrons. The Hall–Kier alpha value is -1.13. The van der Waals surface area contributed by atoms with Gasteiger partial charge in [0, 0.05) is 0 Å². The Bertz CT molecular complexity index is 146. The smallest absolute Gasteiger partial charge is 0.359 e. The molecule has 0 aliphatic rings. The van der Waals surface area contributed by atoms with E-state index in [4.69, 9.17) is 0 Å². The SMILES string of the molecule is [O-][n+]1cc(F)no1. The minimum atomic E-state index is -0.907. The average Bonchev–Trinajstić information content (AvgIpc) is 1.87. The molecule has 0 N–H and O–H groups in total. The summed E-state index contributed by atoms with van der Waals surface area (Å²) in [5.41, 5.74) is 0. The first-order valence-corrected chi connectivity index (χ1v) is 1.51. The summed E-state index contributed by atoms with van der Waals surface area (Å²) in [6.45, 7) is 0. The van der Waals surface area contributed by atoms with E-state index in [1.54, 1.807) is 0 Å². The molecular formula is C2HFN2O2. The first-order chi connectivity index (χ1) is 3.29. The van der Waals surface area contributed by atoms with Crippen molar-refractivity contribution in [1.29, 1.82) is 0 Å². The molecule has 1 heterocycles. The Balaban J connectivity index is 3.04. The van der Waals surface area contributed by atoms with Gasteiger partial charge in [-0.15, -0.1) is 4.39 Å². The highest BCUT2D eigenvalue weighted by atomic mass is 19.1. The average molecular weight is 104 g/mol. The normalized spacial score (nSPS) is 9.29. The van der Waals surface area contributed by atoms with Gasteiger partial charge in [0.05, 0.1) is 5.16 Å². The Morgan fingerprint density at radius 1 is 2.00 bits per heavy atom. The molecule has 0 amide bonds. The van der Waals surface area contributed by atoms with Crippen LogP contribution in [0.15, 0.2) is 10.8 Å². The van der Waals surface area contributed by atoms with Crippen molar-refractivity contribution in [2.24, 2.45) is 0 Å². The van der Waals surface area contributed by atoms with Gasteiger partial charge in [-0.05, 0) is 4.90 Å². The van der Waals surface area contributed by atoms with Gasteiger partial charge in [0.25, 0.3) is 0 Å². The summed E-state index contributed by atoms with van der Waals surface area (Å²) in [6.07, 6.45) is 0.583. The van der Waals surface area contributed by atoms with Gasteiger partial charge in [0.15, 0.2) is 0 Å². The number of nitrogens with zero attached hydrogens (tertiary/aromatic N) is 2. The molecule has 0 saturated carbocycles. The van der Waals surface area contributed by atoms with Crippen LogP contribution < -0.4 is 4.90 Å². The lowest BCUT2D eigenvalue weighted by atomic mass is 10.9. The van der Waals surface area contributed by atoms with Gasteiger partial charge < -0.3 is 5.21 Å². The summed E-state index contributed by atoms with van der Waals surface area (Å²) in [7, 11) is 0. The first-order valence-electron chi connectivity index (χ1n) is 1.51. The van der Waals surface area contributed by atoms with Crippen molar-refractivity contribution in [3.63, 3.8) is 0 Å². The Kier molecular flexibility index (Phi) is 0.680. The fourth-order valence-corrected chi connectivity index (χ4v) is 0.213. The lowest BCUT2D eigenvalue weighted by molar-refractivity contribution is -0.802. The van der Waals surface area contributed by atoms with Crippen LogP contribution in [0.4, 0.5) is 4.39 Å². The van der Waals surface area contributed by atoms with E-state index in [9.17, 15) is 9.60 Å². The van der Waals surface area contributed by atoms with Gasteiger partial charge in [0.2, 0.25) is 6.20 Å². The molecule has 1 aromatic rings. The monoisotopic (exact) mass is 104 g/mol. The lowest BCUT2D eigenvalue weighted by Gasteiger charge is -1.73.